The first-order valence-electron chi connectivity index (χ1n) is 7.11. The van der Waals surface area contributed by atoms with E-state index in [1.807, 2.05) is 12.1 Å². The van der Waals surface area contributed by atoms with E-state index in [-0.39, 0.29) is 12.4 Å². The molecule has 1 aromatic carbocycles. The zero-order chi connectivity index (χ0) is 13.7. The van der Waals surface area contributed by atoms with Crippen LogP contribution in [0.4, 0.5) is 0 Å². The van der Waals surface area contributed by atoms with Gasteiger partial charge < -0.3 is 5.11 Å². The molecule has 1 unspecified atom stereocenters. The number of Topliss-reactive ketones (excluding diaryl/α,β-unsaturated/α-hetero) is 1. The average Bonchev–Trinajstić information content (AvgIpc) is 2.41. The Bertz CT molecular complexity index is 413. The summed E-state index contributed by atoms with van der Waals surface area (Å²) in [6, 6.07) is 8.50. The van der Waals surface area contributed by atoms with Crippen LogP contribution in [-0.2, 0) is 17.9 Å². The lowest BCUT2D eigenvalue weighted by Crippen LogP contribution is -2.39. The summed E-state index contributed by atoms with van der Waals surface area (Å²) in [6.07, 6.45) is 4.27. The smallest absolute Gasteiger partial charge is 0.131 e. The van der Waals surface area contributed by atoms with Gasteiger partial charge in [-0.15, -0.1) is 0 Å². The predicted octanol–water partition coefficient (Wildman–Crippen LogP) is 2.51. The van der Waals surface area contributed by atoms with Crippen molar-refractivity contribution in [3.8, 4) is 0 Å². The molecule has 0 amide bonds. The van der Waals surface area contributed by atoms with Crippen LogP contribution in [-0.4, -0.2) is 28.4 Å². The molecular weight excluding hydrogens is 238 g/mol. The Kier molecular flexibility index (Phi) is 5.11. The molecule has 1 aliphatic heterocycles. The van der Waals surface area contributed by atoms with Crippen LogP contribution in [0.1, 0.15) is 43.7 Å². The molecule has 1 aliphatic rings. The first-order chi connectivity index (χ1) is 9.19. The summed E-state index contributed by atoms with van der Waals surface area (Å²) in [7, 11) is 0. The molecule has 1 saturated heterocycles. The lowest BCUT2D eigenvalue weighted by molar-refractivity contribution is -0.118. The molecular formula is C16H23NO2. The minimum Gasteiger partial charge on any atom is -0.392 e. The highest BCUT2D eigenvalue weighted by molar-refractivity contribution is 5.76. The second-order valence-electron chi connectivity index (χ2n) is 5.50. The standard InChI is InChI=1S/C16H23NO2/c1-13(19)10-16-4-2-3-9-17(16)11-14-5-7-15(12-18)8-6-14/h5-8,16,18H,2-4,9-12H2,1H3. The molecule has 1 fully saturated rings. The number of carbonyl (C=O) groups excluding carboxylic acids is 1. The molecule has 1 atom stereocenters. The Morgan fingerprint density at radius 3 is 2.58 bits per heavy atom. The summed E-state index contributed by atoms with van der Waals surface area (Å²) in [5, 5.41) is 9.04. The van der Waals surface area contributed by atoms with Crippen molar-refractivity contribution in [2.45, 2.75) is 51.8 Å². The maximum Gasteiger partial charge on any atom is 0.131 e. The summed E-state index contributed by atoms with van der Waals surface area (Å²) < 4.78 is 0. The van der Waals surface area contributed by atoms with Crippen LogP contribution >= 0.6 is 0 Å². The van der Waals surface area contributed by atoms with Crippen LogP contribution in [0.3, 0.4) is 0 Å². The normalized spacial score (nSPS) is 20.4. The molecule has 0 saturated carbocycles. The van der Waals surface area contributed by atoms with Gasteiger partial charge in [-0.3, -0.25) is 9.69 Å². The topological polar surface area (TPSA) is 40.5 Å². The fourth-order valence-corrected chi connectivity index (χ4v) is 2.82. The van der Waals surface area contributed by atoms with Crippen molar-refractivity contribution >= 4 is 5.78 Å². The van der Waals surface area contributed by atoms with Gasteiger partial charge >= 0.3 is 0 Å². The largest absolute Gasteiger partial charge is 0.392 e. The molecule has 0 spiro atoms. The lowest BCUT2D eigenvalue weighted by Gasteiger charge is -2.35. The second kappa shape index (κ2) is 6.83. The van der Waals surface area contributed by atoms with Crippen LogP contribution in [0.2, 0.25) is 0 Å². The van der Waals surface area contributed by atoms with Gasteiger partial charge in [0.2, 0.25) is 0 Å². The van der Waals surface area contributed by atoms with Crippen LogP contribution in [0, 0.1) is 0 Å². The van der Waals surface area contributed by atoms with Gasteiger partial charge in [0.25, 0.3) is 0 Å². The number of rotatable bonds is 5. The van der Waals surface area contributed by atoms with Crippen molar-refractivity contribution in [3.05, 3.63) is 35.4 Å². The number of aliphatic hydroxyl groups excluding tert-OH is 1. The highest BCUT2D eigenvalue weighted by Gasteiger charge is 2.23. The summed E-state index contributed by atoms with van der Waals surface area (Å²) in [5.41, 5.74) is 2.20. The number of hydrogen-bond acceptors (Lipinski definition) is 3. The number of hydrogen-bond donors (Lipinski definition) is 1. The summed E-state index contributed by atoms with van der Waals surface area (Å²) in [5.74, 6) is 0.285. The Balaban J connectivity index is 1.99. The molecule has 0 aliphatic carbocycles. The van der Waals surface area contributed by atoms with E-state index in [0.29, 0.717) is 12.5 Å². The van der Waals surface area contributed by atoms with Gasteiger partial charge in [-0.2, -0.15) is 0 Å². The Morgan fingerprint density at radius 1 is 1.26 bits per heavy atom. The number of ketones is 1. The van der Waals surface area contributed by atoms with Crippen molar-refractivity contribution in [1.82, 2.24) is 4.90 Å². The van der Waals surface area contributed by atoms with E-state index in [1.165, 1.54) is 18.4 Å². The first-order valence-corrected chi connectivity index (χ1v) is 7.11. The fourth-order valence-electron chi connectivity index (χ4n) is 2.82. The van der Waals surface area contributed by atoms with Crippen molar-refractivity contribution in [2.75, 3.05) is 6.54 Å². The maximum atomic E-state index is 11.3. The Morgan fingerprint density at radius 2 is 1.95 bits per heavy atom. The van der Waals surface area contributed by atoms with E-state index in [9.17, 15) is 4.79 Å². The first kappa shape index (κ1) is 14.2. The number of aliphatic hydroxyl groups is 1. The summed E-state index contributed by atoms with van der Waals surface area (Å²) in [6.45, 7) is 3.77. The van der Waals surface area contributed by atoms with Crippen LogP contribution in [0.25, 0.3) is 0 Å². The van der Waals surface area contributed by atoms with Gasteiger partial charge in [0.05, 0.1) is 6.61 Å². The monoisotopic (exact) mass is 261 g/mol. The number of benzene rings is 1. The number of nitrogens with zero attached hydrogens (tertiary/aromatic N) is 1. The summed E-state index contributed by atoms with van der Waals surface area (Å²) >= 11 is 0. The molecule has 3 nitrogen and oxygen atoms in total. The van der Waals surface area contributed by atoms with Crippen LogP contribution < -0.4 is 0 Å². The lowest BCUT2D eigenvalue weighted by atomic mass is 9.97. The quantitative estimate of drug-likeness (QED) is 0.885. The number of piperidine rings is 1. The van der Waals surface area contributed by atoms with Crippen molar-refractivity contribution in [1.29, 1.82) is 0 Å². The van der Waals surface area contributed by atoms with E-state index in [4.69, 9.17) is 5.11 Å². The molecule has 2 rings (SSSR count). The molecule has 0 radical (unpaired) electrons. The summed E-state index contributed by atoms with van der Waals surface area (Å²) in [4.78, 5) is 13.8. The fraction of sp³-hybridized carbons (Fsp3) is 0.562. The molecule has 0 aromatic heterocycles. The van der Waals surface area contributed by atoms with Crippen molar-refractivity contribution in [2.24, 2.45) is 0 Å². The van der Waals surface area contributed by atoms with Crippen LogP contribution in [0.15, 0.2) is 24.3 Å². The van der Waals surface area contributed by atoms with E-state index < -0.39 is 0 Å². The SMILES string of the molecule is CC(=O)CC1CCCCN1Cc1ccc(CO)cc1. The molecule has 0 bridgehead atoms. The molecule has 19 heavy (non-hydrogen) atoms. The third-order valence-corrected chi connectivity index (χ3v) is 3.86. The Hall–Kier alpha value is -1.19. The number of likely N-dealkylation sites (tertiary alicyclic amines) is 1. The molecule has 3 heteroatoms. The molecule has 104 valence electrons. The number of carbonyl (C=O) groups is 1. The minimum atomic E-state index is 0.0942. The zero-order valence-electron chi connectivity index (χ0n) is 11.6. The van der Waals surface area contributed by atoms with Gasteiger partial charge in [-0.05, 0) is 37.4 Å². The predicted molar refractivity (Wildman–Crippen MR) is 75.7 cm³/mol. The Labute approximate surface area is 115 Å². The molecule has 1 aromatic rings. The van der Waals surface area contributed by atoms with Gasteiger partial charge in [-0.25, -0.2) is 0 Å². The zero-order valence-corrected chi connectivity index (χ0v) is 11.6. The average molecular weight is 261 g/mol. The maximum absolute atomic E-state index is 11.3. The van der Waals surface area contributed by atoms with E-state index in [0.717, 1.165) is 25.1 Å². The van der Waals surface area contributed by atoms with Crippen molar-refractivity contribution in [3.63, 3.8) is 0 Å². The third kappa shape index (κ3) is 4.15. The third-order valence-electron chi connectivity index (χ3n) is 3.86. The van der Waals surface area contributed by atoms with Gasteiger partial charge in [0, 0.05) is 19.0 Å². The second-order valence-corrected chi connectivity index (χ2v) is 5.50. The van der Waals surface area contributed by atoms with Gasteiger partial charge in [-0.1, -0.05) is 30.7 Å². The highest BCUT2D eigenvalue weighted by atomic mass is 16.3. The van der Waals surface area contributed by atoms with Crippen LogP contribution in [0.5, 0.6) is 0 Å². The van der Waals surface area contributed by atoms with Gasteiger partial charge in [0.15, 0.2) is 0 Å². The van der Waals surface area contributed by atoms with Gasteiger partial charge in [0.1, 0.15) is 5.78 Å². The van der Waals surface area contributed by atoms with E-state index in [1.54, 1.807) is 6.92 Å². The minimum absolute atomic E-state index is 0.0942. The highest BCUT2D eigenvalue weighted by Crippen LogP contribution is 2.22. The molecule has 1 heterocycles. The van der Waals surface area contributed by atoms with E-state index >= 15 is 0 Å². The van der Waals surface area contributed by atoms with Crippen molar-refractivity contribution < 1.29 is 9.90 Å². The molecule has 1 N–H and O–H groups in total. The van der Waals surface area contributed by atoms with E-state index in [2.05, 4.69) is 17.0 Å².